The Morgan fingerprint density at radius 1 is 1.04 bits per heavy atom. The Kier molecular flexibility index (Phi) is 5.48. The minimum atomic E-state index is -0.348. The van der Waals surface area contributed by atoms with Crippen LogP contribution in [0.4, 0.5) is 5.69 Å². The van der Waals surface area contributed by atoms with Crippen LogP contribution in [-0.4, -0.2) is 34.1 Å². The molecule has 3 rings (SSSR count). The number of nitrogens with one attached hydrogen (secondary N) is 1. The van der Waals surface area contributed by atoms with Crippen molar-refractivity contribution < 1.29 is 14.3 Å². The van der Waals surface area contributed by atoms with E-state index < -0.39 is 0 Å². The lowest BCUT2D eigenvalue weighted by atomic mass is 10.2. The highest BCUT2D eigenvalue weighted by Crippen LogP contribution is 2.30. The highest BCUT2D eigenvalue weighted by molar-refractivity contribution is 6.02. The number of para-hydroxylation sites is 1. The summed E-state index contributed by atoms with van der Waals surface area (Å²) in [6.45, 7) is 4.83. The highest BCUT2D eigenvalue weighted by Gasteiger charge is 2.13. The van der Waals surface area contributed by atoms with Gasteiger partial charge in [0.15, 0.2) is 17.2 Å². The van der Waals surface area contributed by atoms with Crippen LogP contribution in [0.25, 0.3) is 5.69 Å². The fourth-order valence-electron chi connectivity index (χ4n) is 2.40. The first-order valence-electron chi connectivity index (χ1n) is 8.40. The second-order valence-corrected chi connectivity index (χ2v) is 5.37. The van der Waals surface area contributed by atoms with Gasteiger partial charge < -0.3 is 14.8 Å². The minimum Gasteiger partial charge on any atom is -0.490 e. The first-order valence-corrected chi connectivity index (χ1v) is 8.40. The molecule has 0 bridgehead atoms. The summed E-state index contributed by atoms with van der Waals surface area (Å²) in [4.78, 5) is 12.4. The van der Waals surface area contributed by atoms with Crippen molar-refractivity contribution in [2.45, 2.75) is 13.8 Å². The van der Waals surface area contributed by atoms with Gasteiger partial charge in [-0.05, 0) is 38.1 Å². The average Bonchev–Trinajstić information content (AvgIpc) is 3.15. The third-order valence-corrected chi connectivity index (χ3v) is 3.55. The van der Waals surface area contributed by atoms with Gasteiger partial charge in [-0.1, -0.05) is 23.4 Å². The fraction of sp³-hybridized carbons (Fsp3) is 0.211. The molecule has 7 heteroatoms. The maximum absolute atomic E-state index is 12.4. The van der Waals surface area contributed by atoms with Gasteiger partial charge in [0.2, 0.25) is 0 Å². The smallest absolute Gasteiger partial charge is 0.277 e. The lowest BCUT2D eigenvalue weighted by Crippen LogP contribution is -2.12. The molecule has 0 fully saturated rings. The number of benzene rings is 2. The van der Waals surface area contributed by atoms with E-state index >= 15 is 0 Å². The molecule has 0 aliphatic heterocycles. The molecule has 134 valence electrons. The number of amides is 1. The Hall–Kier alpha value is -3.35. The second-order valence-electron chi connectivity index (χ2n) is 5.37. The van der Waals surface area contributed by atoms with Crippen molar-refractivity contribution in [3.63, 3.8) is 0 Å². The minimum absolute atomic E-state index is 0.223. The SMILES string of the molecule is CCOc1ccc(NC(=O)c2cn(-c3ccccc3)nn2)cc1OCC. The molecule has 0 saturated carbocycles. The summed E-state index contributed by atoms with van der Waals surface area (Å²) in [7, 11) is 0. The number of hydrogen-bond donors (Lipinski definition) is 1. The molecule has 0 spiro atoms. The number of nitrogens with zero attached hydrogens (tertiary/aromatic N) is 3. The van der Waals surface area contributed by atoms with Gasteiger partial charge in [0, 0.05) is 11.8 Å². The molecule has 2 aromatic carbocycles. The lowest BCUT2D eigenvalue weighted by molar-refractivity contribution is 0.102. The zero-order chi connectivity index (χ0) is 18.4. The predicted molar refractivity (Wildman–Crippen MR) is 98.1 cm³/mol. The van der Waals surface area contributed by atoms with Crippen molar-refractivity contribution >= 4 is 11.6 Å². The maximum Gasteiger partial charge on any atom is 0.277 e. The van der Waals surface area contributed by atoms with E-state index in [0.717, 1.165) is 5.69 Å². The molecule has 0 saturated heterocycles. The lowest BCUT2D eigenvalue weighted by Gasteiger charge is -2.12. The van der Waals surface area contributed by atoms with Crippen molar-refractivity contribution in [1.82, 2.24) is 15.0 Å². The van der Waals surface area contributed by atoms with Crippen LogP contribution in [0.15, 0.2) is 54.7 Å². The van der Waals surface area contributed by atoms with E-state index in [2.05, 4.69) is 15.6 Å². The molecule has 26 heavy (non-hydrogen) atoms. The van der Waals surface area contributed by atoms with Crippen LogP contribution in [0.2, 0.25) is 0 Å². The van der Waals surface area contributed by atoms with E-state index in [0.29, 0.717) is 30.4 Å². The number of carbonyl (C=O) groups excluding carboxylic acids is 1. The summed E-state index contributed by atoms with van der Waals surface area (Å²) in [6.07, 6.45) is 1.59. The van der Waals surface area contributed by atoms with Gasteiger partial charge in [0.25, 0.3) is 5.91 Å². The predicted octanol–water partition coefficient (Wildman–Crippen LogP) is 3.32. The molecule has 0 aliphatic rings. The van der Waals surface area contributed by atoms with E-state index in [-0.39, 0.29) is 11.6 Å². The van der Waals surface area contributed by atoms with Gasteiger partial charge in [-0.25, -0.2) is 4.68 Å². The van der Waals surface area contributed by atoms with Gasteiger partial charge >= 0.3 is 0 Å². The number of aromatic nitrogens is 3. The number of carbonyl (C=O) groups is 1. The summed E-state index contributed by atoms with van der Waals surface area (Å²) in [6, 6.07) is 14.7. The fourth-order valence-corrected chi connectivity index (χ4v) is 2.40. The molecular weight excluding hydrogens is 332 g/mol. The van der Waals surface area contributed by atoms with Crippen LogP contribution in [0, 0.1) is 0 Å². The Morgan fingerprint density at radius 2 is 1.77 bits per heavy atom. The Bertz CT molecular complexity index is 878. The monoisotopic (exact) mass is 352 g/mol. The summed E-state index contributed by atoms with van der Waals surface area (Å²) in [5.74, 6) is 0.876. The van der Waals surface area contributed by atoms with E-state index in [1.54, 1.807) is 29.1 Å². The molecule has 0 radical (unpaired) electrons. The largest absolute Gasteiger partial charge is 0.490 e. The Labute approximate surface area is 151 Å². The Balaban J connectivity index is 1.76. The van der Waals surface area contributed by atoms with Gasteiger partial charge in [-0.2, -0.15) is 0 Å². The van der Waals surface area contributed by atoms with Crippen LogP contribution < -0.4 is 14.8 Å². The maximum atomic E-state index is 12.4. The van der Waals surface area contributed by atoms with Gasteiger partial charge in [0.1, 0.15) is 0 Å². The van der Waals surface area contributed by atoms with E-state index in [9.17, 15) is 4.79 Å². The number of ether oxygens (including phenoxy) is 2. The van der Waals surface area contributed by atoms with Crippen molar-refractivity contribution in [3.05, 3.63) is 60.4 Å². The Morgan fingerprint density at radius 3 is 2.50 bits per heavy atom. The van der Waals surface area contributed by atoms with Crippen molar-refractivity contribution in [1.29, 1.82) is 0 Å². The van der Waals surface area contributed by atoms with Crippen LogP contribution >= 0.6 is 0 Å². The molecule has 0 atom stereocenters. The summed E-state index contributed by atoms with van der Waals surface area (Å²) in [5.41, 5.74) is 1.65. The average molecular weight is 352 g/mol. The standard InChI is InChI=1S/C19H20N4O3/c1-3-25-17-11-10-14(12-18(17)26-4-2)20-19(24)16-13-23(22-21-16)15-8-6-5-7-9-15/h5-13H,3-4H2,1-2H3,(H,20,24). The van der Waals surface area contributed by atoms with Crippen molar-refractivity contribution in [2.75, 3.05) is 18.5 Å². The molecule has 1 heterocycles. The summed E-state index contributed by atoms with van der Waals surface area (Å²) < 4.78 is 12.6. The second kappa shape index (κ2) is 8.15. The van der Waals surface area contributed by atoms with Gasteiger partial charge in [-0.3, -0.25) is 4.79 Å². The molecular formula is C19H20N4O3. The number of anilines is 1. The van der Waals surface area contributed by atoms with Crippen LogP contribution in [0.5, 0.6) is 11.5 Å². The quantitative estimate of drug-likeness (QED) is 0.706. The zero-order valence-corrected chi connectivity index (χ0v) is 14.7. The van der Waals surface area contributed by atoms with E-state index in [4.69, 9.17) is 9.47 Å². The first kappa shape index (κ1) is 17.5. The molecule has 3 aromatic rings. The van der Waals surface area contributed by atoms with E-state index in [1.165, 1.54) is 0 Å². The van der Waals surface area contributed by atoms with Crippen LogP contribution in [0.1, 0.15) is 24.3 Å². The van der Waals surface area contributed by atoms with Crippen molar-refractivity contribution in [3.8, 4) is 17.2 Å². The third kappa shape index (κ3) is 4.00. The van der Waals surface area contributed by atoms with Crippen LogP contribution in [-0.2, 0) is 0 Å². The van der Waals surface area contributed by atoms with Gasteiger partial charge in [-0.15, -0.1) is 5.10 Å². The number of rotatable bonds is 7. The molecule has 1 amide bonds. The summed E-state index contributed by atoms with van der Waals surface area (Å²) in [5, 5.41) is 10.7. The van der Waals surface area contributed by atoms with Crippen molar-refractivity contribution in [2.24, 2.45) is 0 Å². The van der Waals surface area contributed by atoms with Gasteiger partial charge in [0.05, 0.1) is 25.1 Å². The molecule has 1 N–H and O–H groups in total. The molecule has 7 nitrogen and oxygen atoms in total. The molecule has 0 aliphatic carbocycles. The zero-order valence-electron chi connectivity index (χ0n) is 14.7. The molecule has 1 aromatic heterocycles. The van der Waals surface area contributed by atoms with E-state index in [1.807, 2.05) is 44.2 Å². The molecule has 0 unspecified atom stereocenters. The normalized spacial score (nSPS) is 10.4. The highest BCUT2D eigenvalue weighted by atomic mass is 16.5. The first-order chi connectivity index (χ1) is 12.7. The van der Waals surface area contributed by atoms with Crippen LogP contribution in [0.3, 0.4) is 0 Å². The topological polar surface area (TPSA) is 78.3 Å². The third-order valence-electron chi connectivity index (χ3n) is 3.55. The summed E-state index contributed by atoms with van der Waals surface area (Å²) >= 11 is 0. The number of hydrogen-bond acceptors (Lipinski definition) is 5.